The molecule has 0 spiro atoms. The lowest BCUT2D eigenvalue weighted by Gasteiger charge is -2.23. The SMILES string of the molecule is COc1cc(-c2nc(Nc3ccc(N(C(=O)NCc4ccccc4)c4ccc(-c5cnn(C)c5)cn4)cc3)ncc2C#N)ccn1. The molecule has 0 radical (unpaired) electrons. The number of amides is 2. The number of nitriles is 1. The van der Waals surface area contributed by atoms with Crippen LogP contribution in [0.3, 0.4) is 0 Å². The number of nitrogens with zero attached hydrogens (tertiary/aromatic N) is 8. The first-order valence-electron chi connectivity index (χ1n) is 14.2. The summed E-state index contributed by atoms with van der Waals surface area (Å²) in [6, 6.07) is 25.9. The lowest BCUT2D eigenvalue weighted by molar-refractivity contribution is 0.248. The van der Waals surface area contributed by atoms with E-state index in [1.807, 2.05) is 61.8 Å². The molecule has 2 aromatic carbocycles. The Morgan fingerprint density at radius 3 is 2.46 bits per heavy atom. The van der Waals surface area contributed by atoms with Crippen LogP contribution in [0.15, 0.2) is 110 Å². The number of carbonyl (C=O) groups is 1. The molecular formula is C34H28N10O2. The van der Waals surface area contributed by atoms with Crippen LogP contribution < -0.4 is 20.3 Å². The molecule has 226 valence electrons. The Morgan fingerprint density at radius 1 is 0.935 bits per heavy atom. The number of aromatic nitrogens is 6. The Labute approximate surface area is 265 Å². The standard InChI is InChI=1S/C34H28N10O2/c1-43-22-27(21-40-43)25-8-13-30(37-19-25)44(34(45)39-18-23-6-4-3-5-7-23)29-11-9-28(10-12-29)41-33-38-20-26(17-35)32(42-33)24-14-15-36-31(16-24)46-2/h3-16,19-22H,18H2,1-2H3,(H,39,45)(H,38,41,42). The second-order valence-corrected chi connectivity index (χ2v) is 10.1. The average Bonchev–Trinajstić information content (AvgIpc) is 3.55. The van der Waals surface area contributed by atoms with Crippen molar-refractivity contribution in [2.24, 2.45) is 7.05 Å². The molecule has 0 aliphatic heterocycles. The Bertz CT molecular complexity index is 2000. The highest BCUT2D eigenvalue weighted by Crippen LogP contribution is 2.29. The smallest absolute Gasteiger partial charge is 0.327 e. The topological polar surface area (TPSA) is 147 Å². The quantitative estimate of drug-likeness (QED) is 0.202. The summed E-state index contributed by atoms with van der Waals surface area (Å²) >= 11 is 0. The highest BCUT2D eigenvalue weighted by molar-refractivity contribution is 5.98. The zero-order valence-electron chi connectivity index (χ0n) is 25.0. The number of aryl methyl sites for hydroxylation is 1. The van der Waals surface area contributed by atoms with E-state index in [0.717, 1.165) is 16.7 Å². The minimum Gasteiger partial charge on any atom is -0.481 e. The van der Waals surface area contributed by atoms with Gasteiger partial charge in [0.25, 0.3) is 0 Å². The molecule has 4 heterocycles. The molecule has 6 rings (SSSR count). The van der Waals surface area contributed by atoms with Gasteiger partial charge in [-0.1, -0.05) is 30.3 Å². The lowest BCUT2D eigenvalue weighted by atomic mass is 10.1. The zero-order chi connectivity index (χ0) is 31.9. The number of pyridine rings is 2. The summed E-state index contributed by atoms with van der Waals surface area (Å²) in [4.78, 5) is 32.8. The normalized spacial score (nSPS) is 10.5. The molecule has 2 amide bonds. The van der Waals surface area contributed by atoms with Crippen molar-refractivity contribution >= 4 is 29.2 Å². The second kappa shape index (κ2) is 13.4. The van der Waals surface area contributed by atoms with Crippen molar-refractivity contribution in [3.63, 3.8) is 0 Å². The molecular weight excluding hydrogens is 580 g/mol. The summed E-state index contributed by atoms with van der Waals surface area (Å²) in [6.07, 6.45) is 8.44. The van der Waals surface area contributed by atoms with Crippen LogP contribution in [-0.4, -0.2) is 42.9 Å². The van der Waals surface area contributed by atoms with Crippen LogP contribution in [0, 0.1) is 11.3 Å². The number of benzene rings is 2. The number of nitrogens with one attached hydrogen (secondary N) is 2. The van der Waals surface area contributed by atoms with Gasteiger partial charge in [0.05, 0.1) is 36.4 Å². The maximum atomic E-state index is 13.6. The zero-order valence-corrected chi connectivity index (χ0v) is 25.0. The Hall–Kier alpha value is -6.61. The molecule has 0 unspecified atom stereocenters. The Kier molecular flexibility index (Phi) is 8.55. The minimum atomic E-state index is -0.334. The lowest BCUT2D eigenvalue weighted by Crippen LogP contribution is -2.37. The van der Waals surface area contributed by atoms with Crippen LogP contribution >= 0.6 is 0 Å². The van der Waals surface area contributed by atoms with E-state index in [2.05, 4.69) is 41.7 Å². The number of hydrogen-bond donors (Lipinski definition) is 2. The number of hydrogen-bond acceptors (Lipinski definition) is 9. The summed E-state index contributed by atoms with van der Waals surface area (Å²) in [5, 5.41) is 20.1. The van der Waals surface area contributed by atoms with Crippen molar-refractivity contribution in [3.05, 3.63) is 121 Å². The van der Waals surface area contributed by atoms with Crippen LogP contribution in [0.2, 0.25) is 0 Å². The van der Waals surface area contributed by atoms with Crippen molar-refractivity contribution in [2.75, 3.05) is 17.3 Å². The van der Waals surface area contributed by atoms with E-state index >= 15 is 0 Å². The summed E-state index contributed by atoms with van der Waals surface area (Å²) in [7, 11) is 3.38. The molecule has 0 aliphatic rings. The van der Waals surface area contributed by atoms with Crippen molar-refractivity contribution in [2.45, 2.75) is 6.54 Å². The van der Waals surface area contributed by atoms with Gasteiger partial charge in [-0.15, -0.1) is 0 Å². The number of carbonyl (C=O) groups excluding carboxylic acids is 1. The molecule has 6 aromatic rings. The van der Waals surface area contributed by atoms with Gasteiger partial charge >= 0.3 is 6.03 Å². The van der Waals surface area contributed by atoms with E-state index in [4.69, 9.17) is 4.74 Å². The van der Waals surface area contributed by atoms with Gasteiger partial charge in [-0.3, -0.25) is 4.68 Å². The van der Waals surface area contributed by atoms with Gasteiger partial charge in [0.2, 0.25) is 11.8 Å². The molecule has 0 atom stereocenters. The fourth-order valence-corrected chi connectivity index (χ4v) is 4.70. The number of urea groups is 1. The molecule has 2 N–H and O–H groups in total. The van der Waals surface area contributed by atoms with Gasteiger partial charge in [0.15, 0.2) is 0 Å². The molecule has 0 aliphatic carbocycles. The number of ether oxygens (including phenoxy) is 1. The summed E-state index contributed by atoms with van der Waals surface area (Å²) in [6.45, 7) is 0.352. The molecule has 12 heteroatoms. The van der Waals surface area contributed by atoms with Gasteiger partial charge < -0.3 is 15.4 Å². The molecule has 46 heavy (non-hydrogen) atoms. The van der Waals surface area contributed by atoms with Crippen molar-refractivity contribution in [1.82, 2.24) is 35.0 Å². The summed E-state index contributed by atoms with van der Waals surface area (Å²) < 4.78 is 6.95. The molecule has 0 saturated carbocycles. The summed E-state index contributed by atoms with van der Waals surface area (Å²) in [5.74, 6) is 1.15. The fourth-order valence-electron chi connectivity index (χ4n) is 4.70. The van der Waals surface area contributed by atoms with E-state index < -0.39 is 0 Å². The molecule has 12 nitrogen and oxygen atoms in total. The van der Waals surface area contributed by atoms with Gasteiger partial charge in [-0.2, -0.15) is 10.4 Å². The van der Waals surface area contributed by atoms with Gasteiger partial charge in [-0.25, -0.2) is 29.6 Å². The fraction of sp³-hybridized carbons (Fsp3) is 0.0882. The maximum absolute atomic E-state index is 13.6. The average molecular weight is 609 g/mol. The van der Waals surface area contributed by atoms with E-state index in [-0.39, 0.29) is 6.03 Å². The van der Waals surface area contributed by atoms with E-state index in [9.17, 15) is 10.1 Å². The molecule has 4 aromatic heterocycles. The van der Waals surface area contributed by atoms with Crippen LogP contribution in [0.5, 0.6) is 5.88 Å². The van der Waals surface area contributed by atoms with Crippen LogP contribution in [0.1, 0.15) is 11.1 Å². The number of rotatable bonds is 9. The van der Waals surface area contributed by atoms with Crippen LogP contribution in [-0.2, 0) is 13.6 Å². The van der Waals surface area contributed by atoms with Gasteiger partial charge in [0, 0.05) is 60.6 Å². The van der Waals surface area contributed by atoms with E-state index in [1.54, 1.807) is 53.6 Å². The van der Waals surface area contributed by atoms with E-state index in [1.165, 1.54) is 18.2 Å². The third kappa shape index (κ3) is 6.63. The van der Waals surface area contributed by atoms with Gasteiger partial charge in [-0.05, 0) is 48.0 Å². The number of anilines is 4. The maximum Gasteiger partial charge on any atom is 0.327 e. The predicted molar refractivity (Wildman–Crippen MR) is 174 cm³/mol. The van der Waals surface area contributed by atoms with Gasteiger partial charge in [0.1, 0.15) is 11.9 Å². The van der Waals surface area contributed by atoms with E-state index in [0.29, 0.717) is 52.4 Å². The first kappa shape index (κ1) is 29.5. The predicted octanol–water partition coefficient (Wildman–Crippen LogP) is 6.01. The summed E-state index contributed by atoms with van der Waals surface area (Å²) in [5.41, 5.74) is 5.49. The molecule has 0 bridgehead atoms. The third-order valence-electron chi connectivity index (χ3n) is 7.01. The third-order valence-corrected chi connectivity index (χ3v) is 7.01. The second-order valence-electron chi connectivity index (χ2n) is 10.1. The van der Waals surface area contributed by atoms with Crippen molar-refractivity contribution in [3.8, 4) is 34.3 Å². The number of methoxy groups -OCH3 is 1. The Balaban J connectivity index is 1.26. The largest absolute Gasteiger partial charge is 0.481 e. The molecule has 0 fully saturated rings. The van der Waals surface area contributed by atoms with Crippen LogP contribution in [0.25, 0.3) is 22.4 Å². The first-order chi connectivity index (χ1) is 22.5. The minimum absolute atomic E-state index is 0.294. The Morgan fingerprint density at radius 2 is 1.76 bits per heavy atom. The van der Waals surface area contributed by atoms with Crippen molar-refractivity contribution in [1.29, 1.82) is 5.26 Å². The first-order valence-corrected chi connectivity index (χ1v) is 14.2. The van der Waals surface area contributed by atoms with Crippen molar-refractivity contribution < 1.29 is 9.53 Å². The monoisotopic (exact) mass is 608 g/mol. The highest BCUT2D eigenvalue weighted by atomic mass is 16.5. The highest BCUT2D eigenvalue weighted by Gasteiger charge is 2.20. The van der Waals surface area contributed by atoms with Crippen LogP contribution in [0.4, 0.5) is 27.9 Å². The molecule has 0 saturated heterocycles.